The highest BCUT2D eigenvalue weighted by atomic mass is 16.3. The molecule has 27 heavy (non-hydrogen) atoms. The number of fused-ring (bicyclic) bond motifs is 5. The van der Waals surface area contributed by atoms with Gasteiger partial charge in [0.2, 0.25) is 0 Å². The standard InChI is InChI=1S/C23H32N2O2/c1-22-7-5-17(26)12-16(22)11-15(13-25-10-9-24-14-25)21-18-3-4-20(27)23(18,2)8-6-19(21)22/h9-11,13-14,17-21,26-27H,3-8,12H2,1-2H3/b15-13-. The van der Waals surface area contributed by atoms with Crippen LogP contribution in [0.2, 0.25) is 0 Å². The molecule has 0 aliphatic heterocycles. The molecule has 1 heterocycles. The Bertz CT molecular complexity index is 782. The van der Waals surface area contributed by atoms with Gasteiger partial charge in [-0.1, -0.05) is 25.5 Å². The van der Waals surface area contributed by atoms with Gasteiger partial charge in [0, 0.05) is 18.6 Å². The van der Waals surface area contributed by atoms with Crippen LogP contribution in [-0.2, 0) is 0 Å². The Balaban J connectivity index is 1.64. The van der Waals surface area contributed by atoms with Crippen molar-refractivity contribution < 1.29 is 10.2 Å². The summed E-state index contributed by atoms with van der Waals surface area (Å²) in [6, 6.07) is 0. The maximum absolute atomic E-state index is 10.8. The molecule has 7 atom stereocenters. The number of aliphatic hydroxyl groups is 2. The second-order valence-electron chi connectivity index (χ2n) is 10.00. The van der Waals surface area contributed by atoms with Crippen molar-refractivity contribution in [1.29, 1.82) is 0 Å². The lowest BCUT2D eigenvalue weighted by atomic mass is 9.47. The first-order valence-electron chi connectivity index (χ1n) is 10.7. The van der Waals surface area contributed by atoms with Gasteiger partial charge >= 0.3 is 0 Å². The fraction of sp³-hybridized carbons (Fsp3) is 0.696. The van der Waals surface area contributed by atoms with Gasteiger partial charge in [-0.25, -0.2) is 4.98 Å². The number of nitrogens with zero attached hydrogens (tertiary/aromatic N) is 2. The number of hydrogen-bond donors (Lipinski definition) is 2. The van der Waals surface area contributed by atoms with Gasteiger partial charge in [-0.05, 0) is 79.1 Å². The van der Waals surface area contributed by atoms with Gasteiger partial charge in [-0.3, -0.25) is 0 Å². The van der Waals surface area contributed by atoms with Crippen LogP contribution < -0.4 is 0 Å². The quantitative estimate of drug-likeness (QED) is 0.787. The number of rotatable bonds is 1. The average Bonchev–Trinajstić information content (AvgIpc) is 3.25. The molecule has 1 aromatic rings. The van der Waals surface area contributed by atoms with Crippen LogP contribution >= 0.6 is 0 Å². The van der Waals surface area contributed by atoms with Gasteiger partial charge in [0.1, 0.15) is 0 Å². The summed E-state index contributed by atoms with van der Waals surface area (Å²) in [5.74, 6) is 1.65. The highest BCUT2D eigenvalue weighted by molar-refractivity contribution is 5.48. The summed E-state index contributed by atoms with van der Waals surface area (Å²) < 4.78 is 2.06. The highest BCUT2D eigenvalue weighted by Gasteiger charge is 2.59. The van der Waals surface area contributed by atoms with E-state index in [1.54, 1.807) is 0 Å². The molecule has 4 nitrogen and oxygen atoms in total. The third kappa shape index (κ3) is 2.52. The Hall–Kier alpha value is -1.39. The zero-order chi connectivity index (χ0) is 18.8. The molecule has 146 valence electrons. The van der Waals surface area contributed by atoms with E-state index < -0.39 is 0 Å². The summed E-state index contributed by atoms with van der Waals surface area (Å²) >= 11 is 0. The molecule has 0 amide bonds. The van der Waals surface area contributed by atoms with Crippen molar-refractivity contribution in [2.45, 2.75) is 71.0 Å². The molecule has 0 spiro atoms. The van der Waals surface area contributed by atoms with E-state index in [0.717, 1.165) is 38.5 Å². The van der Waals surface area contributed by atoms with Crippen molar-refractivity contribution in [2.75, 3.05) is 0 Å². The number of aromatic nitrogens is 2. The Kier molecular flexibility index (Phi) is 3.97. The van der Waals surface area contributed by atoms with Crippen molar-refractivity contribution in [3.8, 4) is 0 Å². The predicted octanol–water partition coefficient (Wildman–Crippen LogP) is 4.02. The van der Waals surface area contributed by atoms with Crippen LogP contribution in [0.3, 0.4) is 0 Å². The highest BCUT2D eigenvalue weighted by Crippen LogP contribution is 2.65. The van der Waals surface area contributed by atoms with Gasteiger partial charge in [0.05, 0.1) is 18.5 Å². The summed E-state index contributed by atoms with van der Waals surface area (Å²) in [6.45, 7) is 4.77. The smallest absolute Gasteiger partial charge is 0.0986 e. The molecule has 4 aliphatic carbocycles. The van der Waals surface area contributed by atoms with E-state index in [9.17, 15) is 10.2 Å². The molecule has 3 fully saturated rings. The number of hydrogen-bond acceptors (Lipinski definition) is 3. The zero-order valence-electron chi connectivity index (χ0n) is 16.5. The second-order valence-corrected chi connectivity index (χ2v) is 10.00. The van der Waals surface area contributed by atoms with Crippen LogP contribution in [0.4, 0.5) is 0 Å². The summed E-state index contributed by atoms with van der Waals surface area (Å²) in [6.07, 6.45) is 17.2. The normalized spacial score (nSPS) is 47.9. The van der Waals surface area contributed by atoms with Crippen molar-refractivity contribution >= 4 is 6.20 Å². The van der Waals surface area contributed by atoms with E-state index in [1.165, 1.54) is 17.6 Å². The van der Waals surface area contributed by atoms with Gasteiger partial charge in [0.25, 0.3) is 0 Å². The molecule has 1 aromatic heterocycles. The third-order valence-electron chi connectivity index (χ3n) is 8.77. The number of allylic oxidation sites excluding steroid dienone is 2. The number of imidazole rings is 1. The summed E-state index contributed by atoms with van der Waals surface area (Å²) in [7, 11) is 0. The average molecular weight is 369 g/mol. The van der Waals surface area contributed by atoms with E-state index in [4.69, 9.17) is 0 Å². The fourth-order valence-electron chi connectivity index (χ4n) is 7.09. The zero-order valence-corrected chi connectivity index (χ0v) is 16.5. The van der Waals surface area contributed by atoms with Crippen molar-refractivity contribution in [2.24, 2.45) is 28.6 Å². The van der Waals surface area contributed by atoms with Gasteiger partial charge in [-0.15, -0.1) is 0 Å². The summed E-state index contributed by atoms with van der Waals surface area (Å²) in [5.41, 5.74) is 3.07. The fourth-order valence-corrected chi connectivity index (χ4v) is 7.09. The largest absolute Gasteiger partial charge is 0.393 e. The predicted molar refractivity (Wildman–Crippen MR) is 106 cm³/mol. The summed E-state index contributed by atoms with van der Waals surface area (Å²) in [4.78, 5) is 4.21. The molecule has 5 rings (SSSR count). The van der Waals surface area contributed by atoms with Crippen LogP contribution in [0.25, 0.3) is 6.20 Å². The minimum atomic E-state index is -0.197. The monoisotopic (exact) mass is 368 g/mol. The van der Waals surface area contributed by atoms with E-state index in [0.29, 0.717) is 17.8 Å². The lowest BCUT2D eigenvalue weighted by Gasteiger charge is -2.58. The van der Waals surface area contributed by atoms with Crippen LogP contribution in [0.5, 0.6) is 0 Å². The molecule has 2 N–H and O–H groups in total. The molecule has 7 unspecified atom stereocenters. The lowest BCUT2D eigenvalue weighted by Crippen LogP contribution is -2.51. The molecule has 0 radical (unpaired) electrons. The third-order valence-corrected chi connectivity index (χ3v) is 8.77. The van der Waals surface area contributed by atoms with Crippen molar-refractivity contribution in [1.82, 2.24) is 9.55 Å². The van der Waals surface area contributed by atoms with Gasteiger partial charge in [0.15, 0.2) is 0 Å². The first-order valence-corrected chi connectivity index (χ1v) is 10.7. The molecule has 0 aromatic carbocycles. The van der Waals surface area contributed by atoms with Crippen LogP contribution in [-0.4, -0.2) is 32.0 Å². The number of aliphatic hydroxyl groups excluding tert-OH is 2. The SMILES string of the molecule is CC12CCC(O)CC1=C/C(=C/n1ccnc1)C1C2CCC2(C)C(O)CCC12. The van der Waals surface area contributed by atoms with Gasteiger partial charge < -0.3 is 14.8 Å². The van der Waals surface area contributed by atoms with Crippen molar-refractivity contribution in [3.05, 3.63) is 35.9 Å². The maximum Gasteiger partial charge on any atom is 0.0986 e. The molecular formula is C23H32N2O2. The maximum atomic E-state index is 10.8. The van der Waals surface area contributed by atoms with E-state index in [1.807, 2.05) is 18.7 Å². The molecule has 4 aliphatic rings. The second kappa shape index (κ2) is 6.05. The van der Waals surface area contributed by atoms with Crippen LogP contribution in [0.1, 0.15) is 58.8 Å². The van der Waals surface area contributed by atoms with E-state index in [-0.39, 0.29) is 23.0 Å². The molecular weight excluding hydrogens is 336 g/mol. The minimum Gasteiger partial charge on any atom is -0.393 e. The van der Waals surface area contributed by atoms with Crippen molar-refractivity contribution in [3.63, 3.8) is 0 Å². The topological polar surface area (TPSA) is 58.3 Å². The van der Waals surface area contributed by atoms with Crippen LogP contribution in [0.15, 0.2) is 35.9 Å². The Morgan fingerprint density at radius 2 is 1.96 bits per heavy atom. The molecule has 0 saturated heterocycles. The lowest BCUT2D eigenvalue weighted by molar-refractivity contribution is -0.0577. The molecule has 3 saturated carbocycles. The first kappa shape index (κ1) is 17.7. The minimum absolute atomic E-state index is 0.0467. The Labute approximate surface area is 162 Å². The van der Waals surface area contributed by atoms with Crippen LogP contribution in [0, 0.1) is 28.6 Å². The Morgan fingerprint density at radius 3 is 2.74 bits per heavy atom. The molecule has 4 heteroatoms. The first-order chi connectivity index (χ1) is 12.9. The molecule has 0 bridgehead atoms. The van der Waals surface area contributed by atoms with E-state index >= 15 is 0 Å². The Morgan fingerprint density at radius 1 is 1.11 bits per heavy atom. The summed E-state index contributed by atoms with van der Waals surface area (Å²) in [5, 5.41) is 21.1. The van der Waals surface area contributed by atoms with Gasteiger partial charge in [-0.2, -0.15) is 0 Å². The van der Waals surface area contributed by atoms with E-state index in [2.05, 4.69) is 35.7 Å².